The van der Waals surface area contributed by atoms with E-state index in [9.17, 15) is 9.90 Å². The number of rotatable bonds is 3. The highest BCUT2D eigenvalue weighted by Crippen LogP contribution is 2.18. The third kappa shape index (κ3) is 3.51. The number of alkyl carbamates (subject to hydrolysis) is 1. The number of amides is 1. The van der Waals surface area contributed by atoms with Gasteiger partial charge in [0.25, 0.3) is 0 Å². The summed E-state index contributed by atoms with van der Waals surface area (Å²) in [5.74, 6) is 0. The van der Waals surface area contributed by atoms with E-state index in [1.807, 2.05) is 0 Å². The van der Waals surface area contributed by atoms with Crippen molar-refractivity contribution in [3.63, 3.8) is 0 Å². The summed E-state index contributed by atoms with van der Waals surface area (Å²) in [5, 5.41) is 20.5. The van der Waals surface area contributed by atoms with Crippen LogP contribution in [0.4, 0.5) is 4.79 Å². The van der Waals surface area contributed by atoms with Crippen molar-refractivity contribution in [2.45, 2.75) is 37.8 Å². The van der Waals surface area contributed by atoms with Crippen molar-refractivity contribution in [1.29, 1.82) is 0 Å². The van der Waals surface area contributed by atoms with Gasteiger partial charge < -0.3 is 20.3 Å². The van der Waals surface area contributed by atoms with Crippen molar-refractivity contribution in [1.82, 2.24) is 5.32 Å². The van der Waals surface area contributed by atoms with Gasteiger partial charge in [0, 0.05) is 0 Å². The lowest BCUT2D eigenvalue weighted by atomic mass is 9.93. The van der Waals surface area contributed by atoms with E-state index in [1.54, 1.807) is 0 Å². The molecule has 1 rings (SSSR count). The van der Waals surface area contributed by atoms with Crippen LogP contribution in [0, 0.1) is 0 Å². The van der Waals surface area contributed by atoms with Crippen LogP contribution < -0.4 is 5.32 Å². The van der Waals surface area contributed by atoms with Crippen molar-refractivity contribution >= 4 is 6.09 Å². The summed E-state index contributed by atoms with van der Waals surface area (Å²) in [6.07, 6.45) is 2.50. The lowest BCUT2D eigenvalue weighted by Crippen LogP contribution is -2.45. The molecular weight excluding hydrogens is 186 g/mol. The van der Waals surface area contributed by atoms with Crippen LogP contribution in [0.1, 0.15) is 25.7 Å². The van der Waals surface area contributed by atoms with Crippen LogP contribution in [0.5, 0.6) is 0 Å². The Labute approximate surface area is 83.1 Å². The molecule has 0 heterocycles. The molecule has 0 bridgehead atoms. The molecule has 5 nitrogen and oxygen atoms in total. The average Bonchev–Trinajstić information content (AvgIpc) is 2.18. The van der Waals surface area contributed by atoms with Crippen molar-refractivity contribution in [2.24, 2.45) is 0 Å². The Morgan fingerprint density at radius 1 is 1.43 bits per heavy atom. The van der Waals surface area contributed by atoms with Gasteiger partial charge in [-0.05, 0) is 12.8 Å². The van der Waals surface area contributed by atoms with Gasteiger partial charge >= 0.3 is 6.09 Å². The van der Waals surface area contributed by atoms with Crippen LogP contribution in [0.15, 0.2) is 0 Å². The summed E-state index contributed by atoms with van der Waals surface area (Å²) in [6.45, 7) is -0.185. The minimum Gasteiger partial charge on any atom is -0.447 e. The molecule has 1 saturated carbocycles. The maximum atomic E-state index is 11.1. The van der Waals surface area contributed by atoms with Crippen molar-refractivity contribution in [3.05, 3.63) is 0 Å². The standard InChI is InChI=1S/C9H17NO4/c11-5-6-14-9(13)10-7-3-1-2-4-8(7)12/h7-8,11-12H,1-6H2,(H,10,13). The van der Waals surface area contributed by atoms with Gasteiger partial charge in [-0.25, -0.2) is 4.79 Å². The summed E-state index contributed by atoms with van der Waals surface area (Å²) >= 11 is 0. The molecule has 0 radical (unpaired) electrons. The summed E-state index contributed by atoms with van der Waals surface area (Å²) in [4.78, 5) is 11.1. The summed E-state index contributed by atoms with van der Waals surface area (Å²) in [7, 11) is 0. The summed E-state index contributed by atoms with van der Waals surface area (Å²) in [5.41, 5.74) is 0. The second-order valence-corrected chi connectivity index (χ2v) is 3.46. The van der Waals surface area contributed by atoms with E-state index < -0.39 is 12.2 Å². The zero-order valence-corrected chi connectivity index (χ0v) is 8.11. The Kier molecular flexibility index (Phi) is 4.69. The molecular formula is C9H17NO4. The van der Waals surface area contributed by atoms with Gasteiger partial charge in [0.15, 0.2) is 0 Å². The molecule has 2 atom stereocenters. The third-order valence-electron chi connectivity index (χ3n) is 2.36. The molecule has 0 aromatic heterocycles. The molecule has 2 unspecified atom stereocenters. The van der Waals surface area contributed by atoms with E-state index in [1.165, 1.54) is 0 Å². The molecule has 3 N–H and O–H groups in total. The fourth-order valence-corrected chi connectivity index (χ4v) is 1.61. The first-order valence-corrected chi connectivity index (χ1v) is 4.96. The van der Waals surface area contributed by atoms with E-state index >= 15 is 0 Å². The average molecular weight is 203 g/mol. The van der Waals surface area contributed by atoms with Crippen LogP contribution in [-0.4, -0.2) is 41.7 Å². The van der Waals surface area contributed by atoms with Gasteiger partial charge in [0.2, 0.25) is 0 Å². The smallest absolute Gasteiger partial charge is 0.407 e. The molecule has 0 aliphatic heterocycles. The minimum absolute atomic E-state index is 0.00531. The molecule has 0 aromatic carbocycles. The topological polar surface area (TPSA) is 78.8 Å². The van der Waals surface area contributed by atoms with Crippen LogP contribution in [0.2, 0.25) is 0 Å². The predicted octanol–water partition coefficient (Wildman–Crippen LogP) is 0.00840. The molecule has 0 saturated heterocycles. The van der Waals surface area contributed by atoms with Crippen LogP contribution in [0.3, 0.4) is 0 Å². The Balaban J connectivity index is 2.23. The monoisotopic (exact) mass is 203 g/mol. The molecule has 5 heteroatoms. The molecule has 0 spiro atoms. The van der Waals surface area contributed by atoms with Crippen LogP contribution in [0.25, 0.3) is 0 Å². The summed E-state index contributed by atoms with van der Waals surface area (Å²) < 4.78 is 4.63. The van der Waals surface area contributed by atoms with E-state index in [0.717, 1.165) is 25.7 Å². The van der Waals surface area contributed by atoms with Crippen LogP contribution >= 0.6 is 0 Å². The van der Waals surface area contributed by atoms with Crippen molar-refractivity contribution < 1.29 is 19.7 Å². The van der Waals surface area contributed by atoms with E-state index in [4.69, 9.17) is 5.11 Å². The zero-order chi connectivity index (χ0) is 10.4. The maximum absolute atomic E-state index is 11.1. The Morgan fingerprint density at radius 3 is 2.79 bits per heavy atom. The third-order valence-corrected chi connectivity index (χ3v) is 2.36. The highest BCUT2D eigenvalue weighted by Gasteiger charge is 2.24. The minimum atomic E-state index is -0.565. The SMILES string of the molecule is O=C(NC1CCCCC1O)OCCO. The second-order valence-electron chi connectivity index (χ2n) is 3.46. The number of aliphatic hydroxyl groups is 2. The van der Waals surface area contributed by atoms with Gasteiger partial charge in [0.1, 0.15) is 6.61 Å². The number of hydrogen-bond donors (Lipinski definition) is 3. The van der Waals surface area contributed by atoms with Gasteiger partial charge in [-0.3, -0.25) is 0 Å². The highest BCUT2D eigenvalue weighted by atomic mass is 16.6. The number of carbonyl (C=O) groups is 1. The van der Waals surface area contributed by atoms with Gasteiger partial charge in [-0.15, -0.1) is 0 Å². The van der Waals surface area contributed by atoms with E-state index in [2.05, 4.69) is 10.1 Å². The lowest BCUT2D eigenvalue weighted by molar-refractivity contribution is 0.0745. The normalized spacial score (nSPS) is 27.0. The van der Waals surface area contributed by atoms with Gasteiger partial charge in [0.05, 0.1) is 18.8 Å². The lowest BCUT2D eigenvalue weighted by Gasteiger charge is -2.27. The maximum Gasteiger partial charge on any atom is 0.407 e. The first kappa shape index (κ1) is 11.3. The van der Waals surface area contributed by atoms with Crippen molar-refractivity contribution in [2.75, 3.05) is 13.2 Å². The summed E-state index contributed by atoms with van der Waals surface area (Å²) in [6, 6.07) is -0.199. The molecule has 82 valence electrons. The number of ether oxygens (including phenoxy) is 1. The molecule has 1 aliphatic rings. The van der Waals surface area contributed by atoms with Gasteiger partial charge in [-0.1, -0.05) is 12.8 Å². The fraction of sp³-hybridized carbons (Fsp3) is 0.889. The molecule has 1 aliphatic carbocycles. The number of hydrogen-bond acceptors (Lipinski definition) is 4. The Hall–Kier alpha value is -0.810. The zero-order valence-electron chi connectivity index (χ0n) is 8.11. The molecule has 0 aromatic rings. The number of nitrogens with one attached hydrogen (secondary N) is 1. The quantitative estimate of drug-likeness (QED) is 0.603. The van der Waals surface area contributed by atoms with Gasteiger partial charge in [-0.2, -0.15) is 0 Å². The Morgan fingerprint density at radius 2 is 2.14 bits per heavy atom. The van der Waals surface area contributed by atoms with E-state index in [0.29, 0.717) is 0 Å². The largest absolute Gasteiger partial charge is 0.447 e. The number of carbonyl (C=O) groups excluding carboxylic acids is 1. The fourth-order valence-electron chi connectivity index (χ4n) is 1.61. The molecule has 14 heavy (non-hydrogen) atoms. The second kappa shape index (κ2) is 5.82. The van der Waals surface area contributed by atoms with Crippen LogP contribution in [-0.2, 0) is 4.74 Å². The molecule has 1 fully saturated rings. The first-order valence-electron chi connectivity index (χ1n) is 4.96. The van der Waals surface area contributed by atoms with E-state index in [-0.39, 0.29) is 19.3 Å². The first-order chi connectivity index (χ1) is 6.74. The number of aliphatic hydroxyl groups excluding tert-OH is 2. The molecule has 1 amide bonds. The Bertz CT molecular complexity index is 186. The van der Waals surface area contributed by atoms with Crippen molar-refractivity contribution in [3.8, 4) is 0 Å². The predicted molar refractivity (Wildman–Crippen MR) is 49.8 cm³/mol. The highest BCUT2D eigenvalue weighted by molar-refractivity contribution is 5.67.